The summed E-state index contributed by atoms with van der Waals surface area (Å²) in [5.41, 5.74) is 0.345. The summed E-state index contributed by atoms with van der Waals surface area (Å²) in [5.74, 6) is -0.638. The molecular formula is C18H17N5O6S2. The Balaban J connectivity index is 1.84. The van der Waals surface area contributed by atoms with Crippen LogP contribution in [0, 0.1) is 10.1 Å². The first-order chi connectivity index (χ1) is 14.7. The highest BCUT2D eigenvalue weighted by atomic mass is 32.2. The molecule has 0 radical (unpaired) electrons. The maximum atomic E-state index is 12.6. The van der Waals surface area contributed by atoms with Crippen molar-refractivity contribution in [1.82, 2.24) is 10.2 Å². The van der Waals surface area contributed by atoms with Crippen molar-refractivity contribution in [3.63, 3.8) is 0 Å². The average Bonchev–Trinajstić information content (AvgIpc) is 3.19. The van der Waals surface area contributed by atoms with Gasteiger partial charge in [0.05, 0.1) is 18.3 Å². The van der Waals surface area contributed by atoms with Crippen LogP contribution < -0.4 is 14.4 Å². The second-order valence-electron chi connectivity index (χ2n) is 6.21. The summed E-state index contributed by atoms with van der Waals surface area (Å²) < 4.78 is 30.6. The van der Waals surface area contributed by atoms with Gasteiger partial charge >= 0.3 is 0 Å². The number of non-ortho nitro benzene ring substituents is 1. The van der Waals surface area contributed by atoms with Crippen molar-refractivity contribution in [1.29, 1.82) is 0 Å². The highest BCUT2D eigenvalue weighted by Gasteiger charge is 2.26. The Bertz CT molecular complexity index is 1210. The van der Waals surface area contributed by atoms with E-state index in [4.69, 9.17) is 4.74 Å². The molecule has 3 rings (SSSR count). The molecule has 13 heteroatoms. The van der Waals surface area contributed by atoms with E-state index in [1.165, 1.54) is 19.2 Å². The summed E-state index contributed by atoms with van der Waals surface area (Å²) in [4.78, 5) is 23.0. The first-order valence-corrected chi connectivity index (χ1v) is 11.3. The molecule has 0 bridgehead atoms. The van der Waals surface area contributed by atoms with Gasteiger partial charge in [-0.1, -0.05) is 41.7 Å². The Hall–Kier alpha value is -3.58. The van der Waals surface area contributed by atoms with Crippen molar-refractivity contribution in [2.75, 3.05) is 29.5 Å². The summed E-state index contributed by atoms with van der Waals surface area (Å²) in [6, 6.07) is 12.7. The zero-order valence-corrected chi connectivity index (χ0v) is 18.0. The van der Waals surface area contributed by atoms with E-state index in [2.05, 4.69) is 15.5 Å². The van der Waals surface area contributed by atoms with E-state index in [1.54, 1.807) is 0 Å². The van der Waals surface area contributed by atoms with Gasteiger partial charge in [0.25, 0.3) is 5.69 Å². The summed E-state index contributed by atoms with van der Waals surface area (Å²) in [5, 5.41) is 22.3. The predicted molar refractivity (Wildman–Crippen MR) is 116 cm³/mol. The van der Waals surface area contributed by atoms with Gasteiger partial charge in [-0.15, -0.1) is 10.2 Å². The molecule has 162 valence electrons. The molecule has 2 aromatic carbocycles. The number of nitrogens with one attached hydrogen (secondary N) is 1. The third kappa shape index (κ3) is 5.32. The van der Waals surface area contributed by atoms with E-state index in [1.807, 2.05) is 30.3 Å². The van der Waals surface area contributed by atoms with Crippen molar-refractivity contribution < 1.29 is 22.9 Å². The number of carbonyl (C=O) groups is 1. The standard InChI is InChI=1S/C18H17N5O6S2/c1-29-15-9-8-13(23(25)26)10-14(15)22(31(2,27)28)11-16(24)19-18-21-20-17(30-18)12-6-4-3-5-7-12/h3-10H,11H2,1-2H3,(H,19,21,24). The van der Waals surface area contributed by atoms with Crippen LogP contribution in [0.1, 0.15) is 0 Å². The van der Waals surface area contributed by atoms with Crippen molar-refractivity contribution in [3.8, 4) is 16.3 Å². The minimum absolute atomic E-state index is 0.0612. The maximum Gasteiger partial charge on any atom is 0.271 e. The summed E-state index contributed by atoms with van der Waals surface area (Å²) >= 11 is 1.12. The van der Waals surface area contributed by atoms with Crippen molar-refractivity contribution in [2.24, 2.45) is 0 Å². The third-order valence-electron chi connectivity index (χ3n) is 4.02. The number of benzene rings is 2. The Kier molecular flexibility index (Phi) is 6.46. The van der Waals surface area contributed by atoms with Gasteiger partial charge in [0, 0.05) is 17.7 Å². The third-order valence-corrected chi connectivity index (χ3v) is 6.04. The molecule has 0 saturated heterocycles. The van der Waals surface area contributed by atoms with Crippen LogP contribution in [-0.4, -0.2) is 49.4 Å². The molecule has 0 atom stereocenters. The number of rotatable bonds is 8. The fourth-order valence-corrected chi connectivity index (χ4v) is 4.25. The number of anilines is 2. The Morgan fingerprint density at radius 1 is 1.23 bits per heavy atom. The molecule has 0 aliphatic rings. The SMILES string of the molecule is COc1ccc([N+](=O)[O-])cc1N(CC(=O)Nc1nnc(-c2ccccc2)s1)S(C)(=O)=O. The maximum absolute atomic E-state index is 12.6. The van der Waals surface area contributed by atoms with Crippen LogP contribution in [0.4, 0.5) is 16.5 Å². The van der Waals surface area contributed by atoms with Gasteiger partial charge < -0.3 is 4.74 Å². The number of nitro benzene ring substituents is 1. The molecule has 11 nitrogen and oxygen atoms in total. The molecule has 0 unspecified atom stereocenters. The average molecular weight is 463 g/mol. The largest absolute Gasteiger partial charge is 0.495 e. The minimum atomic E-state index is -3.98. The summed E-state index contributed by atoms with van der Waals surface area (Å²) in [7, 11) is -2.69. The summed E-state index contributed by atoms with van der Waals surface area (Å²) in [6.07, 6.45) is 0.886. The number of ether oxygens (including phenoxy) is 1. The molecule has 0 aliphatic heterocycles. The fourth-order valence-electron chi connectivity index (χ4n) is 2.63. The highest BCUT2D eigenvalue weighted by Crippen LogP contribution is 2.34. The first-order valence-electron chi connectivity index (χ1n) is 8.68. The molecular weight excluding hydrogens is 446 g/mol. The van der Waals surface area contributed by atoms with E-state index < -0.39 is 27.4 Å². The molecule has 0 spiro atoms. The number of nitro groups is 1. The lowest BCUT2D eigenvalue weighted by atomic mass is 10.2. The highest BCUT2D eigenvalue weighted by molar-refractivity contribution is 7.92. The van der Waals surface area contributed by atoms with Crippen LogP contribution >= 0.6 is 11.3 Å². The Morgan fingerprint density at radius 2 is 1.94 bits per heavy atom. The van der Waals surface area contributed by atoms with Gasteiger partial charge in [-0.25, -0.2) is 8.42 Å². The monoisotopic (exact) mass is 463 g/mol. The second-order valence-corrected chi connectivity index (χ2v) is 9.09. The van der Waals surface area contributed by atoms with Crippen LogP contribution in [0.2, 0.25) is 0 Å². The molecule has 0 saturated carbocycles. The number of hydrogen-bond acceptors (Lipinski definition) is 9. The van der Waals surface area contributed by atoms with Gasteiger partial charge in [-0.3, -0.25) is 24.5 Å². The van der Waals surface area contributed by atoms with Crippen molar-refractivity contribution in [2.45, 2.75) is 0 Å². The zero-order chi connectivity index (χ0) is 22.6. The van der Waals surface area contributed by atoms with Crippen LogP contribution in [-0.2, 0) is 14.8 Å². The smallest absolute Gasteiger partial charge is 0.271 e. The number of amides is 1. The van der Waals surface area contributed by atoms with E-state index >= 15 is 0 Å². The van der Waals surface area contributed by atoms with Crippen LogP contribution in [0.15, 0.2) is 48.5 Å². The number of aromatic nitrogens is 2. The van der Waals surface area contributed by atoms with E-state index in [9.17, 15) is 23.3 Å². The van der Waals surface area contributed by atoms with E-state index in [-0.39, 0.29) is 22.3 Å². The number of hydrogen-bond donors (Lipinski definition) is 1. The van der Waals surface area contributed by atoms with Gasteiger partial charge in [-0.2, -0.15) is 0 Å². The van der Waals surface area contributed by atoms with Crippen molar-refractivity contribution >= 4 is 43.8 Å². The van der Waals surface area contributed by atoms with Crippen LogP contribution in [0.5, 0.6) is 5.75 Å². The van der Waals surface area contributed by atoms with E-state index in [0.29, 0.717) is 5.01 Å². The van der Waals surface area contributed by atoms with Crippen LogP contribution in [0.3, 0.4) is 0 Å². The number of carbonyl (C=O) groups excluding carboxylic acids is 1. The van der Waals surface area contributed by atoms with Gasteiger partial charge in [-0.05, 0) is 6.07 Å². The lowest BCUT2D eigenvalue weighted by Crippen LogP contribution is -2.37. The Labute approximate surface area is 181 Å². The number of sulfonamides is 1. The number of nitrogens with zero attached hydrogens (tertiary/aromatic N) is 4. The molecule has 0 aliphatic carbocycles. The molecule has 3 aromatic rings. The molecule has 1 aromatic heterocycles. The van der Waals surface area contributed by atoms with E-state index in [0.717, 1.165) is 33.5 Å². The predicted octanol–water partition coefficient (Wildman–Crippen LogP) is 2.53. The van der Waals surface area contributed by atoms with Gasteiger partial charge in [0.2, 0.25) is 21.1 Å². The molecule has 1 heterocycles. The molecule has 31 heavy (non-hydrogen) atoms. The second kappa shape index (κ2) is 9.06. The Morgan fingerprint density at radius 3 is 2.55 bits per heavy atom. The van der Waals surface area contributed by atoms with Crippen molar-refractivity contribution in [3.05, 3.63) is 58.6 Å². The molecule has 0 fully saturated rings. The first kappa shape index (κ1) is 22.1. The minimum Gasteiger partial charge on any atom is -0.495 e. The lowest BCUT2D eigenvalue weighted by Gasteiger charge is -2.23. The molecule has 1 amide bonds. The lowest BCUT2D eigenvalue weighted by molar-refractivity contribution is -0.384. The summed E-state index contributed by atoms with van der Waals surface area (Å²) in [6.45, 7) is -0.642. The fraction of sp³-hybridized carbons (Fsp3) is 0.167. The van der Waals surface area contributed by atoms with Crippen LogP contribution in [0.25, 0.3) is 10.6 Å². The van der Waals surface area contributed by atoms with Gasteiger partial charge in [0.15, 0.2) is 0 Å². The number of methoxy groups -OCH3 is 1. The normalized spacial score (nSPS) is 11.0. The topological polar surface area (TPSA) is 145 Å². The quantitative estimate of drug-likeness (QED) is 0.396. The zero-order valence-electron chi connectivity index (χ0n) is 16.4. The van der Waals surface area contributed by atoms with Gasteiger partial charge in [0.1, 0.15) is 23.0 Å². The molecule has 1 N–H and O–H groups in total.